The molecule has 0 radical (unpaired) electrons. The molecule has 0 saturated carbocycles. The maximum Gasteiger partial charge on any atom is 0.0513 e. The Morgan fingerprint density at radius 3 is 2.54 bits per heavy atom. The molecule has 80 valence electrons. The lowest BCUT2D eigenvalue weighted by Gasteiger charge is -2.10. The second kappa shape index (κ2) is 8.48. The summed E-state index contributed by atoms with van der Waals surface area (Å²) in [6.45, 7) is 8.91. The summed E-state index contributed by atoms with van der Waals surface area (Å²) in [4.78, 5) is 0. The van der Waals surface area contributed by atoms with Crippen molar-refractivity contribution in [2.45, 2.75) is 33.2 Å². The molecule has 0 aliphatic rings. The van der Waals surface area contributed by atoms with Gasteiger partial charge in [0, 0.05) is 25.2 Å². The zero-order valence-corrected chi connectivity index (χ0v) is 9.05. The fraction of sp³-hybridized carbons (Fsp3) is 1.00. The van der Waals surface area contributed by atoms with Gasteiger partial charge in [-0.05, 0) is 13.0 Å². The average molecular weight is 189 g/mol. The van der Waals surface area contributed by atoms with Gasteiger partial charge in [0.15, 0.2) is 0 Å². The lowest BCUT2D eigenvalue weighted by atomic mass is 10.2. The number of nitrogens with one attached hydrogen (secondary N) is 1. The molecule has 0 heterocycles. The first-order valence-corrected chi connectivity index (χ1v) is 5.08. The molecule has 0 rings (SSSR count). The first-order valence-electron chi connectivity index (χ1n) is 5.08. The third-order valence-corrected chi connectivity index (χ3v) is 1.73. The molecule has 0 saturated heterocycles. The quantitative estimate of drug-likeness (QED) is 0.560. The smallest absolute Gasteiger partial charge is 0.0513 e. The highest BCUT2D eigenvalue weighted by molar-refractivity contribution is 4.52. The lowest BCUT2D eigenvalue weighted by molar-refractivity contribution is 0.0784. The van der Waals surface area contributed by atoms with E-state index < -0.39 is 0 Å². The van der Waals surface area contributed by atoms with Crippen molar-refractivity contribution in [3.05, 3.63) is 0 Å². The van der Waals surface area contributed by atoms with E-state index in [0.717, 1.165) is 19.6 Å². The third-order valence-electron chi connectivity index (χ3n) is 1.73. The van der Waals surface area contributed by atoms with Crippen molar-refractivity contribution in [2.24, 2.45) is 5.92 Å². The van der Waals surface area contributed by atoms with Crippen LogP contribution in [0.15, 0.2) is 0 Å². The minimum Gasteiger partial charge on any atom is -0.396 e. The SMILES string of the molecule is CC(CO)COCCCNC(C)C. The Labute approximate surface area is 81.5 Å². The summed E-state index contributed by atoms with van der Waals surface area (Å²) in [5.74, 6) is 0.262. The molecule has 0 aliphatic carbocycles. The van der Waals surface area contributed by atoms with Crippen LogP contribution in [0.1, 0.15) is 27.2 Å². The van der Waals surface area contributed by atoms with Crippen LogP contribution < -0.4 is 5.32 Å². The summed E-state index contributed by atoms with van der Waals surface area (Å²) in [6, 6.07) is 0.552. The first kappa shape index (κ1) is 12.9. The second-order valence-electron chi connectivity index (χ2n) is 3.83. The van der Waals surface area contributed by atoms with E-state index in [1.807, 2.05) is 6.92 Å². The Bertz CT molecular complexity index is 107. The van der Waals surface area contributed by atoms with Gasteiger partial charge in [0.05, 0.1) is 6.61 Å². The van der Waals surface area contributed by atoms with Gasteiger partial charge in [-0.3, -0.25) is 0 Å². The summed E-state index contributed by atoms with van der Waals surface area (Å²) < 4.78 is 5.37. The summed E-state index contributed by atoms with van der Waals surface area (Å²) in [5.41, 5.74) is 0. The minimum atomic E-state index is 0.213. The number of aliphatic hydroxyl groups excluding tert-OH is 1. The molecule has 1 unspecified atom stereocenters. The molecule has 0 fully saturated rings. The van der Waals surface area contributed by atoms with Crippen LogP contribution in [0.5, 0.6) is 0 Å². The van der Waals surface area contributed by atoms with Crippen molar-refractivity contribution in [3.8, 4) is 0 Å². The van der Waals surface area contributed by atoms with Crippen LogP contribution in [0.25, 0.3) is 0 Å². The molecule has 3 nitrogen and oxygen atoms in total. The number of ether oxygens (including phenoxy) is 1. The molecule has 0 amide bonds. The fourth-order valence-corrected chi connectivity index (χ4v) is 0.902. The summed E-state index contributed by atoms with van der Waals surface area (Å²) in [5, 5.41) is 12.0. The molecule has 0 aromatic carbocycles. The molecule has 2 N–H and O–H groups in total. The molecule has 3 heteroatoms. The van der Waals surface area contributed by atoms with Crippen LogP contribution in [0.4, 0.5) is 0 Å². The fourth-order valence-electron chi connectivity index (χ4n) is 0.902. The topological polar surface area (TPSA) is 41.5 Å². The molecule has 0 aliphatic heterocycles. The van der Waals surface area contributed by atoms with E-state index in [-0.39, 0.29) is 12.5 Å². The van der Waals surface area contributed by atoms with E-state index in [9.17, 15) is 0 Å². The maximum atomic E-state index is 8.72. The van der Waals surface area contributed by atoms with Gasteiger partial charge >= 0.3 is 0 Å². The Morgan fingerprint density at radius 1 is 1.31 bits per heavy atom. The number of rotatable bonds is 8. The third kappa shape index (κ3) is 9.80. The van der Waals surface area contributed by atoms with Crippen molar-refractivity contribution in [1.29, 1.82) is 0 Å². The highest BCUT2D eigenvalue weighted by atomic mass is 16.5. The molecule has 0 spiro atoms. The maximum absolute atomic E-state index is 8.72. The van der Waals surface area contributed by atoms with Crippen LogP contribution in [-0.2, 0) is 4.74 Å². The van der Waals surface area contributed by atoms with Gasteiger partial charge in [-0.2, -0.15) is 0 Å². The van der Waals surface area contributed by atoms with Crippen LogP contribution in [-0.4, -0.2) is 37.5 Å². The molecule has 1 atom stereocenters. The molecular weight excluding hydrogens is 166 g/mol. The predicted molar refractivity (Wildman–Crippen MR) is 54.8 cm³/mol. The molecule has 13 heavy (non-hydrogen) atoms. The van der Waals surface area contributed by atoms with Crippen LogP contribution >= 0.6 is 0 Å². The standard InChI is InChI=1S/C10H23NO2/c1-9(2)11-5-4-6-13-8-10(3)7-12/h9-12H,4-8H2,1-3H3. The van der Waals surface area contributed by atoms with Gasteiger partial charge in [-0.15, -0.1) is 0 Å². The normalized spacial score (nSPS) is 13.6. The Kier molecular flexibility index (Phi) is 8.40. The van der Waals surface area contributed by atoms with E-state index in [2.05, 4.69) is 19.2 Å². The van der Waals surface area contributed by atoms with Gasteiger partial charge in [-0.25, -0.2) is 0 Å². The number of aliphatic hydroxyl groups is 1. The zero-order chi connectivity index (χ0) is 10.1. The van der Waals surface area contributed by atoms with Gasteiger partial charge in [0.25, 0.3) is 0 Å². The Balaban J connectivity index is 2.99. The highest BCUT2D eigenvalue weighted by Gasteiger charge is 1.98. The summed E-state index contributed by atoms with van der Waals surface area (Å²) >= 11 is 0. The van der Waals surface area contributed by atoms with Gasteiger partial charge in [-0.1, -0.05) is 20.8 Å². The van der Waals surface area contributed by atoms with Crippen LogP contribution in [0, 0.1) is 5.92 Å². The number of hydrogen-bond donors (Lipinski definition) is 2. The summed E-state index contributed by atoms with van der Waals surface area (Å²) in [6.07, 6.45) is 1.04. The minimum absolute atomic E-state index is 0.213. The van der Waals surface area contributed by atoms with E-state index in [4.69, 9.17) is 9.84 Å². The summed E-state index contributed by atoms with van der Waals surface area (Å²) in [7, 11) is 0. The predicted octanol–water partition coefficient (Wildman–Crippen LogP) is 1.02. The molecule has 0 aromatic heterocycles. The number of hydrogen-bond acceptors (Lipinski definition) is 3. The van der Waals surface area contributed by atoms with E-state index in [1.54, 1.807) is 0 Å². The van der Waals surface area contributed by atoms with E-state index in [0.29, 0.717) is 12.6 Å². The largest absolute Gasteiger partial charge is 0.396 e. The van der Waals surface area contributed by atoms with Crippen molar-refractivity contribution < 1.29 is 9.84 Å². The van der Waals surface area contributed by atoms with Crippen molar-refractivity contribution in [3.63, 3.8) is 0 Å². The van der Waals surface area contributed by atoms with Crippen molar-refractivity contribution in [2.75, 3.05) is 26.4 Å². The van der Waals surface area contributed by atoms with Gasteiger partial charge in [0.2, 0.25) is 0 Å². The lowest BCUT2D eigenvalue weighted by Crippen LogP contribution is -2.24. The molecule has 0 bridgehead atoms. The second-order valence-corrected chi connectivity index (χ2v) is 3.83. The zero-order valence-electron chi connectivity index (χ0n) is 9.05. The average Bonchev–Trinajstić information content (AvgIpc) is 2.10. The van der Waals surface area contributed by atoms with E-state index in [1.165, 1.54) is 0 Å². The van der Waals surface area contributed by atoms with Crippen LogP contribution in [0.3, 0.4) is 0 Å². The van der Waals surface area contributed by atoms with Crippen molar-refractivity contribution in [1.82, 2.24) is 5.32 Å². The first-order chi connectivity index (χ1) is 6.16. The van der Waals surface area contributed by atoms with Gasteiger partial charge in [0.1, 0.15) is 0 Å². The van der Waals surface area contributed by atoms with Crippen LogP contribution in [0.2, 0.25) is 0 Å². The van der Waals surface area contributed by atoms with Crippen molar-refractivity contribution >= 4 is 0 Å². The molecule has 0 aromatic rings. The monoisotopic (exact) mass is 189 g/mol. The van der Waals surface area contributed by atoms with Gasteiger partial charge < -0.3 is 15.2 Å². The molecular formula is C10H23NO2. The Hall–Kier alpha value is -0.120. The highest BCUT2D eigenvalue weighted by Crippen LogP contribution is 1.93. The van der Waals surface area contributed by atoms with E-state index >= 15 is 0 Å². The Morgan fingerprint density at radius 2 is 2.00 bits per heavy atom.